The van der Waals surface area contributed by atoms with Gasteiger partial charge in [0.1, 0.15) is 18.1 Å². The molecule has 0 unspecified atom stereocenters. The Morgan fingerprint density at radius 1 is 0.437 bits per heavy atom. The van der Waals surface area contributed by atoms with Gasteiger partial charge < -0.3 is 35.5 Å². The standard InChI is InChI=1S/C44H46N2O5.C29H36N2O3.C2H6/c1-50-36-26-24-35(25-27-36)44(33-16-6-4-7-17-33,34-18-8-5-9-19-34)46(31-28-42(47)48)30-15-3-2-14-29-45-43(49)51-32-41-39-22-12-10-20-37(39)38-21-11-13-23-40(38)41;1-34-27-18-16-26(17-19-27)29(24-12-6-4-7-13-24,25-14-8-5-9-15-25)31(23-20-28(32)33)22-11-3-2-10-21-30;1-2/h4-13,16-27,41H,2-3,14-15,28-32H2,1H3,(H,45,49)(H,47,48);4-9,12-19H,2-3,10-11,20-23,30H2,1H3,(H,32,33);1-2H3. The summed E-state index contributed by atoms with van der Waals surface area (Å²) in [4.78, 5) is 41.0. The van der Waals surface area contributed by atoms with Gasteiger partial charge in [-0.3, -0.25) is 19.4 Å². The van der Waals surface area contributed by atoms with E-state index in [2.05, 4.69) is 112 Å². The molecule has 0 fully saturated rings. The monoisotopic (exact) mass is 1170 g/mol. The van der Waals surface area contributed by atoms with Gasteiger partial charge in [0.15, 0.2) is 0 Å². The number of rotatable bonds is 31. The first-order valence-corrected chi connectivity index (χ1v) is 30.9. The lowest BCUT2D eigenvalue weighted by Gasteiger charge is -2.46. The number of ether oxygens (including phenoxy) is 3. The summed E-state index contributed by atoms with van der Waals surface area (Å²) in [5, 5.41) is 22.4. The first kappa shape index (κ1) is 66.0. The number of amides is 1. The topological polar surface area (TPSA) is 164 Å². The van der Waals surface area contributed by atoms with Gasteiger partial charge in [-0.25, -0.2) is 4.79 Å². The summed E-state index contributed by atoms with van der Waals surface area (Å²) < 4.78 is 16.6. The number of nitrogens with one attached hydrogen (secondary N) is 1. The molecule has 0 saturated carbocycles. The molecule has 1 aliphatic rings. The normalized spacial score (nSPS) is 11.8. The van der Waals surface area contributed by atoms with E-state index in [1.54, 1.807) is 14.2 Å². The van der Waals surface area contributed by atoms with Crippen LogP contribution in [-0.4, -0.2) is 98.1 Å². The highest BCUT2D eigenvalue weighted by Gasteiger charge is 2.43. The fourth-order valence-corrected chi connectivity index (χ4v) is 12.3. The van der Waals surface area contributed by atoms with Gasteiger partial charge in [0.05, 0.1) is 38.1 Å². The van der Waals surface area contributed by atoms with Gasteiger partial charge in [-0.2, -0.15) is 0 Å². The van der Waals surface area contributed by atoms with Crippen LogP contribution in [0.3, 0.4) is 0 Å². The Balaban J connectivity index is 0.000000261. The number of methoxy groups -OCH3 is 2. The molecule has 12 nitrogen and oxygen atoms in total. The van der Waals surface area contributed by atoms with Crippen LogP contribution in [0.2, 0.25) is 0 Å². The summed E-state index contributed by atoms with van der Waals surface area (Å²) in [6.45, 7) is 7.79. The quantitative estimate of drug-likeness (QED) is 0.0242. The summed E-state index contributed by atoms with van der Waals surface area (Å²) in [5.74, 6) is -0.0406. The molecule has 1 aliphatic carbocycles. The fourth-order valence-electron chi connectivity index (χ4n) is 12.3. The highest BCUT2D eigenvalue weighted by Crippen LogP contribution is 2.47. The van der Waals surface area contributed by atoms with E-state index in [0.717, 1.165) is 103 Å². The zero-order valence-corrected chi connectivity index (χ0v) is 51.2. The molecule has 8 aromatic carbocycles. The van der Waals surface area contributed by atoms with E-state index >= 15 is 0 Å². The van der Waals surface area contributed by atoms with Crippen molar-refractivity contribution in [3.8, 4) is 22.6 Å². The van der Waals surface area contributed by atoms with Gasteiger partial charge in [0.2, 0.25) is 0 Å². The van der Waals surface area contributed by atoms with Gasteiger partial charge in [-0.1, -0.05) is 234 Å². The third-order valence-corrected chi connectivity index (χ3v) is 16.3. The molecule has 0 aliphatic heterocycles. The molecule has 1 amide bonds. The van der Waals surface area contributed by atoms with Gasteiger partial charge in [-0.05, 0) is 125 Å². The Morgan fingerprint density at radius 2 is 0.770 bits per heavy atom. The molecular weight excluding hydrogens is 1080 g/mol. The van der Waals surface area contributed by atoms with Crippen molar-refractivity contribution in [1.29, 1.82) is 0 Å². The molecule has 0 atom stereocenters. The predicted molar refractivity (Wildman–Crippen MR) is 350 cm³/mol. The number of fused-ring (bicyclic) bond motifs is 3. The molecule has 8 aromatic rings. The fraction of sp³-hybridized carbons (Fsp3) is 0.320. The van der Waals surface area contributed by atoms with Crippen LogP contribution < -0.4 is 20.5 Å². The van der Waals surface area contributed by atoms with Gasteiger partial charge in [0.25, 0.3) is 0 Å². The number of carboxylic acids is 2. The van der Waals surface area contributed by atoms with Crippen LogP contribution in [0.1, 0.15) is 128 Å². The molecule has 87 heavy (non-hydrogen) atoms. The molecular formula is C75H88N4O8. The van der Waals surface area contributed by atoms with Crippen LogP contribution in [0.15, 0.2) is 218 Å². The number of carboxylic acid groups (broad SMARTS) is 2. The number of hydrogen-bond acceptors (Lipinski definition) is 9. The number of aliphatic carboxylic acids is 2. The molecule has 0 spiro atoms. The Bertz CT molecular complexity index is 3170. The van der Waals surface area contributed by atoms with Crippen LogP contribution in [-0.2, 0) is 25.4 Å². The number of carbonyl (C=O) groups excluding carboxylic acids is 1. The average Bonchev–Trinajstić information content (AvgIpc) is 1.61. The largest absolute Gasteiger partial charge is 0.497 e. The van der Waals surface area contributed by atoms with Crippen molar-refractivity contribution in [2.75, 3.05) is 60.1 Å². The lowest BCUT2D eigenvalue weighted by Crippen LogP contribution is -2.49. The Morgan fingerprint density at radius 3 is 1.13 bits per heavy atom. The van der Waals surface area contributed by atoms with Crippen molar-refractivity contribution >= 4 is 18.0 Å². The predicted octanol–water partition coefficient (Wildman–Crippen LogP) is 15.2. The van der Waals surface area contributed by atoms with Crippen LogP contribution in [0.4, 0.5) is 4.79 Å². The van der Waals surface area contributed by atoms with Crippen molar-refractivity contribution in [3.63, 3.8) is 0 Å². The van der Waals surface area contributed by atoms with Crippen molar-refractivity contribution in [2.45, 2.75) is 95.1 Å². The molecule has 0 heterocycles. The van der Waals surface area contributed by atoms with E-state index in [1.165, 1.54) is 22.3 Å². The van der Waals surface area contributed by atoms with Gasteiger partial charge >= 0.3 is 18.0 Å². The summed E-state index contributed by atoms with van der Waals surface area (Å²) in [5.41, 5.74) is 15.6. The van der Waals surface area contributed by atoms with E-state index in [9.17, 15) is 24.6 Å². The van der Waals surface area contributed by atoms with Crippen molar-refractivity contribution in [1.82, 2.24) is 15.1 Å². The first-order chi connectivity index (χ1) is 42.6. The van der Waals surface area contributed by atoms with Crippen molar-refractivity contribution in [3.05, 3.63) is 263 Å². The molecule has 0 aromatic heterocycles. The summed E-state index contributed by atoms with van der Waals surface area (Å²) in [6, 6.07) is 74.3. The highest BCUT2D eigenvalue weighted by atomic mass is 16.5. The molecule has 0 radical (unpaired) electrons. The minimum Gasteiger partial charge on any atom is -0.497 e. The lowest BCUT2D eigenvalue weighted by atomic mass is 9.75. The zero-order valence-electron chi connectivity index (χ0n) is 51.2. The second kappa shape index (κ2) is 34.6. The van der Waals surface area contributed by atoms with Gasteiger partial charge in [-0.15, -0.1) is 0 Å². The van der Waals surface area contributed by atoms with E-state index in [4.69, 9.17) is 19.9 Å². The Kier molecular flexibility index (Phi) is 26.2. The number of unbranched alkanes of at least 4 members (excludes halogenated alkanes) is 6. The SMILES string of the molecule is CC.COc1ccc(C(c2ccccc2)(c2ccccc2)N(CCCCCCN)CCC(=O)O)cc1.COc1ccc(C(c2ccccc2)(c2ccccc2)N(CCCCCCNC(=O)OCC2c3ccccc3-c3ccccc32)CCC(=O)O)cc1. The first-order valence-electron chi connectivity index (χ1n) is 30.9. The maximum Gasteiger partial charge on any atom is 0.407 e. The van der Waals surface area contributed by atoms with E-state index in [-0.39, 0.29) is 18.8 Å². The molecule has 456 valence electrons. The number of nitrogens with zero attached hydrogens (tertiary/aromatic N) is 2. The summed E-state index contributed by atoms with van der Waals surface area (Å²) in [6.07, 6.45) is 7.34. The maximum atomic E-state index is 12.7. The number of alkyl carbamates (subject to hydrolysis) is 1. The molecule has 12 heteroatoms. The second-order valence-corrected chi connectivity index (χ2v) is 21.5. The highest BCUT2D eigenvalue weighted by molar-refractivity contribution is 5.79. The molecule has 0 bridgehead atoms. The lowest BCUT2D eigenvalue weighted by molar-refractivity contribution is -0.138. The van der Waals surface area contributed by atoms with Crippen LogP contribution >= 0.6 is 0 Å². The summed E-state index contributed by atoms with van der Waals surface area (Å²) >= 11 is 0. The molecule has 0 saturated heterocycles. The number of carbonyl (C=O) groups is 3. The van der Waals surface area contributed by atoms with Crippen molar-refractivity contribution < 1.29 is 38.8 Å². The van der Waals surface area contributed by atoms with Crippen LogP contribution in [0.5, 0.6) is 11.5 Å². The third kappa shape index (κ3) is 16.9. The minimum absolute atomic E-state index is 0.0155. The smallest absolute Gasteiger partial charge is 0.407 e. The zero-order chi connectivity index (χ0) is 61.7. The Hall–Kier alpha value is -8.55. The maximum absolute atomic E-state index is 12.7. The van der Waals surface area contributed by atoms with E-state index in [0.29, 0.717) is 39.3 Å². The van der Waals surface area contributed by atoms with E-state index < -0.39 is 29.1 Å². The van der Waals surface area contributed by atoms with E-state index in [1.807, 2.05) is 135 Å². The van der Waals surface area contributed by atoms with Crippen molar-refractivity contribution in [2.24, 2.45) is 5.73 Å². The minimum atomic E-state index is -0.830. The second-order valence-electron chi connectivity index (χ2n) is 21.5. The van der Waals surface area contributed by atoms with Gasteiger partial charge in [0, 0.05) is 25.6 Å². The molecule has 9 rings (SSSR count). The number of nitrogens with two attached hydrogens (primary N) is 1. The number of hydrogen-bond donors (Lipinski definition) is 4. The van der Waals surface area contributed by atoms with Crippen LogP contribution in [0.25, 0.3) is 11.1 Å². The van der Waals surface area contributed by atoms with Crippen LogP contribution in [0, 0.1) is 0 Å². The summed E-state index contributed by atoms with van der Waals surface area (Å²) in [7, 11) is 3.32. The average molecular weight is 1170 g/mol. The molecule has 5 N–H and O–H groups in total. The Labute approximate surface area is 516 Å². The number of benzene rings is 8. The third-order valence-electron chi connectivity index (χ3n) is 16.3.